The van der Waals surface area contributed by atoms with Gasteiger partial charge < -0.3 is 5.48 Å². The average Bonchev–Trinajstić information content (AvgIpc) is 0. The molecule has 0 heterocycles. The quantitative estimate of drug-likeness (QED) is 0.285. The van der Waals surface area contributed by atoms with Crippen LogP contribution in [-0.4, -0.2) is 13.9 Å². The molecule has 0 rings (SSSR count). The van der Waals surface area contributed by atoms with Gasteiger partial charge in [0.05, 0.1) is 0 Å². The third kappa shape index (κ3) is 9.00. The summed E-state index contributed by atoms with van der Waals surface area (Å²) in [6.07, 6.45) is 0. The normalized spacial score (nSPS) is 0. The predicted octanol–water partition coefficient (Wildman–Crippen LogP) is -7.62. The molecule has 1 nitrogen and oxygen atoms in total. The van der Waals surface area contributed by atoms with Gasteiger partial charge in [0.25, 0.3) is 0 Å². The summed E-state index contributed by atoms with van der Waals surface area (Å²) in [5, 5.41) is 0. The van der Waals surface area contributed by atoms with Crippen LogP contribution in [0, 0.1) is 0 Å². The van der Waals surface area contributed by atoms with E-state index in [4.69, 9.17) is 0 Å². The molecule has 0 spiro atoms. The van der Waals surface area contributed by atoms with Gasteiger partial charge in [0.2, 0.25) is 0 Å². The molecule has 0 aliphatic rings. The number of hydrogen-bond donors (Lipinski definition) is 0. The molecule has 0 bridgehead atoms. The predicted molar refractivity (Wildman–Crippen MR) is 13.3 cm³/mol. The molecule has 0 fully saturated rings. The Labute approximate surface area is 113 Å². The second kappa shape index (κ2) is 16.3. The fourth-order valence-electron chi connectivity index (χ4n) is 0. The minimum Gasteiger partial charge on any atom is -0.870 e. The summed E-state index contributed by atoms with van der Waals surface area (Å²) in [6.45, 7) is 0. The molecule has 0 aliphatic heterocycles. The smallest absolute Gasteiger partial charge is 0.870 e. The number of hydrogen-bond acceptors (Lipinski definition) is 1. The Kier molecular flexibility index (Phi) is 108. The first kappa shape index (κ1) is 26.6. The van der Waals surface area contributed by atoms with Crippen molar-refractivity contribution in [1.29, 1.82) is 0 Å². The van der Waals surface area contributed by atoms with Gasteiger partial charge >= 0.3 is 103 Å². The topological polar surface area (TPSA) is 30.0 Å². The molecule has 0 amide bonds. The van der Waals surface area contributed by atoms with E-state index in [9.17, 15) is 0 Å². The first-order valence-electron chi connectivity index (χ1n) is 0. The van der Waals surface area contributed by atoms with Crippen molar-refractivity contribution in [2.75, 3.05) is 0 Å². The summed E-state index contributed by atoms with van der Waals surface area (Å²) in [7, 11) is 0. The SMILES string of the molecule is [BH4-].[K+].[K+].[OH-]. The molecule has 1 N–H and O–H groups in total. The fourth-order valence-corrected chi connectivity index (χ4v) is 0. The molecular weight excluding hydrogens is 105 g/mol. The Bertz CT molecular complexity index is 6.00. The minimum atomic E-state index is 0. The zero-order valence-corrected chi connectivity index (χ0v) is 8.69. The largest absolute Gasteiger partial charge is 1.00 e. The molecule has 0 aromatic carbocycles. The van der Waals surface area contributed by atoms with Crippen molar-refractivity contribution in [1.82, 2.24) is 0 Å². The molecular formula is H5BK2O. The zero-order valence-electron chi connectivity index (χ0n) is 2.45. The van der Waals surface area contributed by atoms with E-state index in [0.29, 0.717) is 0 Å². The Morgan fingerprint density at radius 1 is 0.750 bits per heavy atom. The van der Waals surface area contributed by atoms with Crippen LogP contribution in [0.4, 0.5) is 0 Å². The first-order valence-corrected chi connectivity index (χ1v) is 0. The molecule has 4 heavy (non-hydrogen) atoms. The van der Waals surface area contributed by atoms with Crippen LogP contribution in [0.15, 0.2) is 0 Å². The van der Waals surface area contributed by atoms with Crippen LogP contribution in [0.1, 0.15) is 0 Å². The van der Waals surface area contributed by atoms with Gasteiger partial charge in [-0.15, -0.1) is 0 Å². The maximum atomic E-state index is 0. The van der Waals surface area contributed by atoms with Gasteiger partial charge in [-0.2, -0.15) is 0 Å². The van der Waals surface area contributed by atoms with E-state index >= 15 is 0 Å². The van der Waals surface area contributed by atoms with Crippen LogP contribution in [0.3, 0.4) is 0 Å². The van der Waals surface area contributed by atoms with E-state index in [0.717, 1.165) is 0 Å². The van der Waals surface area contributed by atoms with Crippen molar-refractivity contribution in [3.63, 3.8) is 0 Å². The van der Waals surface area contributed by atoms with Gasteiger partial charge in [-0.05, 0) is 0 Å². The van der Waals surface area contributed by atoms with Crippen LogP contribution >= 0.6 is 0 Å². The average molecular weight is 110 g/mol. The number of rotatable bonds is 0. The van der Waals surface area contributed by atoms with Gasteiger partial charge in [-0.1, -0.05) is 8.41 Å². The summed E-state index contributed by atoms with van der Waals surface area (Å²) in [5.41, 5.74) is 0. The van der Waals surface area contributed by atoms with E-state index < -0.39 is 0 Å². The Balaban J connectivity index is 0. The van der Waals surface area contributed by atoms with E-state index in [1.807, 2.05) is 0 Å². The van der Waals surface area contributed by atoms with E-state index in [2.05, 4.69) is 0 Å². The summed E-state index contributed by atoms with van der Waals surface area (Å²) < 4.78 is 0. The van der Waals surface area contributed by atoms with Crippen LogP contribution in [-0.2, 0) is 0 Å². The fraction of sp³-hybridized carbons (Fsp3) is 0. The summed E-state index contributed by atoms with van der Waals surface area (Å²) in [6, 6.07) is 0. The van der Waals surface area contributed by atoms with Gasteiger partial charge in [0.1, 0.15) is 0 Å². The maximum absolute atomic E-state index is 0. The Morgan fingerprint density at radius 2 is 0.750 bits per heavy atom. The van der Waals surface area contributed by atoms with Crippen molar-refractivity contribution in [2.24, 2.45) is 0 Å². The van der Waals surface area contributed by atoms with E-state index in [1.54, 1.807) is 0 Å². The third-order valence-electron chi connectivity index (χ3n) is 0. The minimum absolute atomic E-state index is 0. The van der Waals surface area contributed by atoms with Crippen molar-refractivity contribution in [2.45, 2.75) is 0 Å². The monoisotopic (exact) mass is 110 g/mol. The van der Waals surface area contributed by atoms with Crippen molar-refractivity contribution >= 4 is 8.41 Å². The van der Waals surface area contributed by atoms with Crippen LogP contribution in [0.5, 0.6) is 0 Å². The van der Waals surface area contributed by atoms with Crippen molar-refractivity contribution in [3.8, 4) is 0 Å². The molecule has 0 aromatic rings. The summed E-state index contributed by atoms with van der Waals surface area (Å²) in [5.74, 6) is 0. The first-order chi connectivity index (χ1) is 0. The Hall–Kier alpha value is 3.30. The molecule has 0 saturated carbocycles. The molecule has 0 aromatic heterocycles. The van der Waals surface area contributed by atoms with Crippen LogP contribution < -0.4 is 103 Å². The molecule has 16 valence electrons. The second-order valence-electron chi connectivity index (χ2n) is 0. The van der Waals surface area contributed by atoms with Gasteiger partial charge in [-0.25, -0.2) is 0 Å². The third-order valence-corrected chi connectivity index (χ3v) is 0. The molecule has 4 heteroatoms. The van der Waals surface area contributed by atoms with Gasteiger partial charge in [0.15, 0.2) is 0 Å². The molecule has 0 radical (unpaired) electrons. The molecule has 0 unspecified atom stereocenters. The van der Waals surface area contributed by atoms with Gasteiger partial charge in [0, 0.05) is 0 Å². The maximum Gasteiger partial charge on any atom is 1.00 e. The van der Waals surface area contributed by atoms with E-state index in [-0.39, 0.29) is 117 Å². The van der Waals surface area contributed by atoms with Crippen molar-refractivity contribution < 1.29 is 108 Å². The summed E-state index contributed by atoms with van der Waals surface area (Å²) >= 11 is 0. The standard InChI is InChI=1S/BH4.2K.H2O/h1H4;;;1H2/q-1;2*+1;/p-1. The van der Waals surface area contributed by atoms with Crippen LogP contribution in [0.2, 0.25) is 0 Å². The van der Waals surface area contributed by atoms with Gasteiger partial charge in [-0.3, -0.25) is 0 Å². The van der Waals surface area contributed by atoms with E-state index in [1.165, 1.54) is 0 Å². The van der Waals surface area contributed by atoms with Crippen molar-refractivity contribution in [3.05, 3.63) is 0 Å². The second-order valence-corrected chi connectivity index (χ2v) is 0. The summed E-state index contributed by atoms with van der Waals surface area (Å²) in [4.78, 5) is 0. The molecule has 0 atom stereocenters. The van der Waals surface area contributed by atoms with Crippen LogP contribution in [0.25, 0.3) is 0 Å². The zero-order chi connectivity index (χ0) is 0. The molecule has 0 aliphatic carbocycles. The molecule has 0 saturated heterocycles. The Morgan fingerprint density at radius 3 is 0.750 bits per heavy atom.